The van der Waals surface area contributed by atoms with E-state index in [-0.39, 0.29) is 57.3 Å². The van der Waals surface area contributed by atoms with Gasteiger partial charge >= 0.3 is 12.4 Å². The number of halogens is 7. The summed E-state index contributed by atoms with van der Waals surface area (Å²) in [5.74, 6) is -8.03. The maximum Gasteiger partial charge on any atom is 0.416 e. The molecule has 1 fully saturated rings. The highest BCUT2D eigenvalue weighted by Gasteiger charge is 2.57. The number of anilines is 1. The average molecular weight is 726 g/mol. The highest BCUT2D eigenvalue weighted by molar-refractivity contribution is 9.12. The number of phenols is 1. The first-order valence-corrected chi connectivity index (χ1v) is 14.8. The van der Waals surface area contributed by atoms with Crippen LogP contribution >= 0.6 is 15.9 Å². The summed E-state index contributed by atoms with van der Waals surface area (Å²) < 4.78 is 92.6. The first kappa shape index (κ1) is 32.5. The van der Waals surface area contributed by atoms with Gasteiger partial charge in [-0.1, -0.05) is 11.6 Å². The minimum absolute atomic E-state index is 0.000701. The lowest BCUT2D eigenvalue weighted by atomic mass is 9.59. The molecule has 246 valence electrons. The second kappa shape index (κ2) is 11.1. The van der Waals surface area contributed by atoms with Crippen molar-refractivity contribution in [2.75, 3.05) is 19.1 Å². The predicted molar refractivity (Wildman–Crippen MR) is 155 cm³/mol. The Hall–Kier alpha value is -4.40. The summed E-state index contributed by atoms with van der Waals surface area (Å²) in [4.78, 5) is 55.0. The molecule has 0 aromatic heterocycles. The van der Waals surface area contributed by atoms with Crippen LogP contribution in [0.4, 0.5) is 32.0 Å². The fourth-order valence-electron chi connectivity index (χ4n) is 7.02. The summed E-state index contributed by atoms with van der Waals surface area (Å²) in [5, 5.41) is 11.2. The highest BCUT2D eigenvalue weighted by Crippen LogP contribution is 2.58. The number of ketones is 2. The Bertz CT molecular complexity index is 1840. The molecule has 1 heterocycles. The van der Waals surface area contributed by atoms with Gasteiger partial charge in [-0.05, 0) is 52.9 Å². The van der Waals surface area contributed by atoms with Gasteiger partial charge in [0.25, 0.3) is 0 Å². The lowest BCUT2D eigenvalue weighted by molar-refractivity contribution is -0.143. The molecular formula is C32H22BrF6NO7. The fourth-order valence-corrected chi connectivity index (χ4v) is 7.47. The summed E-state index contributed by atoms with van der Waals surface area (Å²) in [6, 6.07) is 3.21. The van der Waals surface area contributed by atoms with Crippen molar-refractivity contribution in [2.45, 2.75) is 31.1 Å². The Kier molecular flexibility index (Phi) is 7.68. The van der Waals surface area contributed by atoms with Gasteiger partial charge in [0.05, 0.1) is 47.4 Å². The van der Waals surface area contributed by atoms with Gasteiger partial charge in [-0.2, -0.15) is 26.3 Å². The molecule has 2 amide bonds. The summed E-state index contributed by atoms with van der Waals surface area (Å²) >= 11 is 3.08. The molecular weight excluding hydrogens is 704 g/mol. The summed E-state index contributed by atoms with van der Waals surface area (Å²) in [6.07, 6.45) is -8.21. The highest BCUT2D eigenvalue weighted by atomic mass is 79.9. The van der Waals surface area contributed by atoms with E-state index in [0.717, 1.165) is 6.08 Å². The SMILES string of the molecule is COc1cc(O)c(C2C3=CCC4C(=O)N(c5cc(C(F)(F)F)cc(C(F)(F)F)c5)C(=O)C4C3CC3=C2C(=O)C=C(Br)C3=O)c(OC)c1. The molecule has 1 saturated heterocycles. The molecule has 6 rings (SSSR count). The van der Waals surface area contributed by atoms with Crippen LogP contribution in [0, 0.1) is 17.8 Å². The molecule has 0 bridgehead atoms. The number of ether oxygens (including phenoxy) is 2. The molecule has 8 nitrogen and oxygen atoms in total. The average Bonchev–Trinajstić information content (AvgIpc) is 3.26. The molecule has 15 heteroatoms. The zero-order valence-corrected chi connectivity index (χ0v) is 25.8. The van der Waals surface area contributed by atoms with E-state index in [1.807, 2.05) is 0 Å². The van der Waals surface area contributed by atoms with Crippen LogP contribution in [0.25, 0.3) is 0 Å². The number of carbonyl (C=O) groups excluding carboxylic acids is 4. The molecule has 1 aliphatic heterocycles. The predicted octanol–water partition coefficient (Wildman–Crippen LogP) is 6.41. The third-order valence-electron chi connectivity index (χ3n) is 9.00. The Morgan fingerprint density at radius 2 is 1.51 bits per heavy atom. The number of hydrogen-bond donors (Lipinski definition) is 1. The van der Waals surface area contributed by atoms with E-state index in [9.17, 15) is 50.6 Å². The molecule has 0 radical (unpaired) electrons. The minimum Gasteiger partial charge on any atom is -0.507 e. The number of imide groups is 1. The maximum atomic E-state index is 14.1. The van der Waals surface area contributed by atoms with E-state index >= 15 is 0 Å². The second-order valence-corrected chi connectivity index (χ2v) is 12.3. The lowest BCUT2D eigenvalue weighted by Crippen LogP contribution is -2.39. The Balaban J connectivity index is 1.51. The number of aromatic hydroxyl groups is 1. The standard InChI is InChI=1S/C32H22BrF6NO7/c1-46-15-8-21(41)27(23(9-15)47-2)26-16-3-4-17-24(18(16)10-19-25(26)22(42)11-20(33)28(19)43)30(45)40(29(17)44)14-6-12(31(34,35)36)5-13(7-14)32(37,38)39/h3,5-9,11,17-18,24,26,41H,4,10H2,1-2H3. The molecule has 3 aliphatic carbocycles. The Labute approximate surface area is 270 Å². The quantitative estimate of drug-likeness (QED) is 0.168. The molecule has 4 unspecified atom stereocenters. The number of methoxy groups -OCH3 is 2. The number of hydrogen-bond acceptors (Lipinski definition) is 7. The summed E-state index contributed by atoms with van der Waals surface area (Å²) in [5.41, 5.74) is -3.90. The van der Waals surface area contributed by atoms with Crippen molar-refractivity contribution in [2.24, 2.45) is 17.8 Å². The van der Waals surface area contributed by atoms with Gasteiger partial charge in [-0.25, -0.2) is 4.90 Å². The smallest absolute Gasteiger partial charge is 0.416 e. The van der Waals surface area contributed by atoms with E-state index < -0.39 is 76.2 Å². The molecule has 4 aliphatic rings. The van der Waals surface area contributed by atoms with E-state index in [2.05, 4.69) is 15.9 Å². The number of benzene rings is 2. The summed E-state index contributed by atoms with van der Waals surface area (Å²) in [7, 11) is 2.64. The zero-order chi connectivity index (χ0) is 34.3. The first-order chi connectivity index (χ1) is 22.0. The van der Waals surface area contributed by atoms with E-state index in [0.29, 0.717) is 22.6 Å². The number of nitrogens with zero attached hydrogens (tertiary/aromatic N) is 1. The van der Waals surface area contributed by atoms with Gasteiger partial charge < -0.3 is 14.6 Å². The van der Waals surface area contributed by atoms with Gasteiger partial charge in [0.15, 0.2) is 11.6 Å². The van der Waals surface area contributed by atoms with Crippen molar-refractivity contribution in [3.8, 4) is 17.2 Å². The Morgan fingerprint density at radius 3 is 2.09 bits per heavy atom. The molecule has 4 atom stereocenters. The van der Waals surface area contributed by atoms with Crippen LogP contribution in [0.2, 0.25) is 0 Å². The van der Waals surface area contributed by atoms with Crippen LogP contribution in [0.15, 0.2) is 63.7 Å². The third-order valence-corrected chi connectivity index (χ3v) is 9.59. The van der Waals surface area contributed by atoms with E-state index in [4.69, 9.17) is 9.47 Å². The maximum absolute atomic E-state index is 14.1. The third kappa shape index (κ3) is 5.15. The Morgan fingerprint density at radius 1 is 0.872 bits per heavy atom. The largest absolute Gasteiger partial charge is 0.507 e. The number of carbonyl (C=O) groups is 4. The molecule has 2 aromatic carbocycles. The van der Waals surface area contributed by atoms with Gasteiger partial charge in [0.2, 0.25) is 11.8 Å². The van der Waals surface area contributed by atoms with Crippen molar-refractivity contribution in [1.82, 2.24) is 0 Å². The van der Waals surface area contributed by atoms with Crippen LogP contribution in [-0.2, 0) is 31.5 Å². The van der Waals surface area contributed by atoms with Crippen molar-refractivity contribution < 1.29 is 60.1 Å². The van der Waals surface area contributed by atoms with Crippen molar-refractivity contribution in [3.05, 3.63) is 80.4 Å². The first-order valence-electron chi connectivity index (χ1n) is 14.0. The fraction of sp³-hybridized carbons (Fsp3) is 0.312. The topological polar surface area (TPSA) is 110 Å². The molecule has 47 heavy (non-hydrogen) atoms. The lowest BCUT2D eigenvalue weighted by Gasteiger charge is -2.42. The monoisotopic (exact) mass is 725 g/mol. The minimum atomic E-state index is -5.23. The van der Waals surface area contributed by atoms with Crippen molar-refractivity contribution >= 4 is 45.0 Å². The van der Waals surface area contributed by atoms with Gasteiger partial charge in [-0.3, -0.25) is 19.2 Å². The van der Waals surface area contributed by atoms with Crippen LogP contribution in [0.5, 0.6) is 17.2 Å². The normalized spacial score (nSPS) is 24.5. The molecule has 0 spiro atoms. The molecule has 1 N–H and O–H groups in total. The number of allylic oxidation sites excluding steroid dienone is 6. The van der Waals surface area contributed by atoms with Crippen LogP contribution in [0.1, 0.15) is 35.4 Å². The number of amides is 2. The number of rotatable bonds is 4. The molecule has 2 aromatic rings. The van der Waals surface area contributed by atoms with E-state index in [1.165, 1.54) is 26.4 Å². The van der Waals surface area contributed by atoms with Crippen LogP contribution in [0.3, 0.4) is 0 Å². The summed E-state index contributed by atoms with van der Waals surface area (Å²) in [6.45, 7) is 0. The number of alkyl halides is 6. The zero-order valence-electron chi connectivity index (χ0n) is 24.3. The van der Waals surface area contributed by atoms with Crippen LogP contribution < -0.4 is 14.4 Å². The van der Waals surface area contributed by atoms with Gasteiger partial charge in [0.1, 0.15) is 17.2 Å². The van der Waals surface area contributed by atoms with Crippen LogP contribution in [-0.4, -0.2) is 42.7 Å². The van der Waals surface area contributed by atoms with Crippen molar-refractivity contribution in [1.29, 1.82) is 0 Å². The van der Waals surface area contributed by atoms with Gasteiger partial charge in [-0.15, -0.1) is 0 Å². The van der Waals surface area contributed by atoms with E-state index in [1.54, 1.807) is 6.08 Å². The number of Topliss-reactive ketones (excluding diaryl/α,β-unsaturated/α-hetero) is 1. The second-order valence-electron chi connectivity index (χ2n) is 11.4. The number of fused-ring (bicyclic) bond motifs is 3. The molecule has 0 saturated carbocycles. The van der Waals surface area contributed by atoms with Gasteiger partial charge in [0, 0.05) is 40.8 Å². The number of phenolic OH excluding ortho intramolecular Hbond substituents is 1. The van der Waals surface area contributed by atoms with Crippen molar-refractivity contribution in [3.63, 3.8) is 0 Å².